The molecule has 21 heavy (non-hydrogen) atoms. The maximum atomic E-state index is 12.1. The van der Waals surface area contributed by atoms with Crippen LogP contribution >= 0.6 is 0 Å². The second kappa shape index (κ2) is 6.39. The van der Waals surface area contributed by atoms with E-state index in [1.807, 2.05) is 0 Å². The van der Waals surface area contributed by atoms with Crippen LogP contribution in [0.5, 0.6) is 5.75 Å². The summed E-state index contributed by atoms with van der Waals surface area (Å²) >= 11 is 0. The van der Waals surface area contributed by atoms with Gasteiger partial charge in [-0.1, -0.05) is 18.9 Å². The van der Waals surface area contributed by atoms with Crippen LogP contribution in [0.25, 0.3) is 0 Å². The van der Waals surface area contributed by atoms with Gasteiger partial charge in [-0.15, -0.1) is 0 Å². The van der Waals surface area contributed by atoms with Gasteiger partial charge < -0.3 is 15.2 Å². The van der Waals surface area contributed by atoms with Gasteiger partial charge in [0, 0.05) is 12.5 Å². The number of amides is 1. The van der Waals surface area contributed by atoms with Gasteiger partial charge in [-0.25, -0.2) is 4.79 Å². The van der Waals surface area contributed by atoms with E-state index >= 15 is 0 Å². The van der Waals surface area contributed by atoms with E-state index in [1.54, 1.807) is 18.2 Å². The summed E-state index contributed by atoms with van der Waals surface area (Å²) in [5.74, 6) is -1.36. The monoisotopic (exact) mass is 291 g/mol. The first kappa shape index (κ1) is 15.0. The van der Waals surface area contributed by atoms with E-state index in [1.165, 1.54) is 13.0 Å². The minimum atomic E-state index is -1.04. The zero-order valence-corrected chi connectivity index (χ0v) is 11.7. The Kier molecular flexibility index (Phi) is 4.57. The lowest BCUT2D eigenvalue weighted by atomic mass is 10.1. The summed E-state index contributed by atoms with van der Waals surface area (Å²) in [6.07, 6.45) is 2.48. The molecular formula is C15H17NO5. The molecule has 1 aliphatic carbocycles. The molecule has 0 unspecified atom stereocenters. The van der Waals surface area contributed by atoms with E-state index in [9.17, 15) is 14.4 Å². The fraction of sp³-hybridized carbons (Fsp3) is 0.400. The van der Waals surface area contributed by atoms with Crippen molar-refractivity contribution in [1.82, 2.24) is 5.32 Å². The Morgan fingerprint density at radius 2 is 2.10 bits per heavy atom. The first-order valence-corrected chi connectivity index (χ1v) is 6.78. The van der Waals surface area contributed by atoms with Crippen molar-refractivity contribution in [2.45, 2.75) is 32.2 Å². The molecule has 0 saturated heterocycles. The molecule has 6 heteroatoms. The average molecular weight is 291 g/mol. The molecule has 0 spiro atoms. The highest BCUT2D eigenvalue weighted by Crippen LogP contribution is 2.33. The highest BCUT2D eigenvalue weighted by Gasteiger charge is 2.30. The van der Waals surface area contributed by atoms with Crippen LogP contribution in [0.4, 0.5) is 0 Å². The van der Waals surface area contributed by atoms with Gasteiger partial charge in [0.05, 0.1) is 0 Å². The number of nitrogens with one attached hydrogen (secondary N) is 1. The summed E-state index contributed by atoms with van der Waals surface area (Å²) < 4.78 is 4.90. The minimum Gasteiger partial charge on any atom is -0.480 e. The molecule has 1 amide bonds. The van der Waals surface area contributed by atoms with Crippen molar-refractivity contribution in [2.24, 2.45) is 5.92 Å². The van der Waals surface area contributed by atoms with Crippen LogP contribution in [0.3, 0.4) is 0 Å². The van der Waals surface area contributed by atoms with Gasteiger partial charge in [-0.05, 0) is 30.5 Å². The van der Waals surface area contributed by atoms with Crippen LogP contribution in [-0.4, -0.2) is 29.0 Å². The van der Waals surface area contributed by atoms with Crippen molar-refractivity contribution < 1.29 is 24.2 Å². The quantitative estimate of drug-likeness (QED) is 0.613. The highest BCUT2D eigenvalue weighted by molar-refractivity contribution is 5.97. The Labute approximate surface area is 122 Å². The van der Waals surface area contributed by atoms with Gasteiger partial charge in [0.15, 0.2) is 0 Å². The number of carbonyl (C=O) groups is 3. The van der Waals surface area contributed by atoms with Crippen LogP contribution in [0.15, 0.2) is 24.3 Å². The molecular weight excluding hydrogens is 274 g/mol. The molecule has 0 bridgehead atoms. The standard InChI is InChI=1S/C15H17NO5/c1-9(17)21-12-4-2-3-11(8-12)14(18)16-13(15(19)20)7-10-5-6-10/h2-4,8,10,13H,5-7H2,1H3,(H,16,18)(H,19,20)/t13-/m0/s1. The zero-order chi connectivity index (χ0) is 15.4. The molecule has 1 saturated carbocycles. The Hall–Kier alpha value is -2.37. The third-order valence-corrected chi connectivity index (χ3v) is 3.23. The lowest BCUT2D eigenvalue weighted by Gasteiger charge is -2.14. The maximum absolute atomic E-state index is 12.1. The van der Waals surface area contributed by atoms with Crippen molar-refractivity contribution in [3.8, 4) is 5.75 Å². The summed E-state index contributed by atoms with van der Waals surface area (Å²) in [4.78, 5) is 34.1. The number of carboxylic acids is 1. The van der Waals surface area contributed by atoms with Crippen molar-refractivity contribution in [3.05, 3.63) is 29.8 Å². The Bertz CT molecular complexity index is 565. The van der Waals surface area contributed by atoms with Crippen LogP contribution in [0.2, 0.25) is 0 Å². The molecule has 6 nitrogen and oxygen atoms in total. The molecule has 2 N–H and O–H groups in total. The van der Waals surface area contributed by atoms with Gasteiger partial charge in [-0.3, -0.25) is 9.59 Å². The number of hydrogen-bond donors (Lipinski definition) is 2. The smallest absolute Gasteiger partial charge is 0.326 e. The number of esters is 1. The van der Waals surface area contributed by atoms with Crippen molar-refractivity contribution in [3.63, 3.8) is 0 Å². The topological polar surface area (TPSA) is 92.7 Å². The number of carboxylic acid groups (broad SMARTS) is 1. The number of rotatable bonds is 6. The highest BCUT2D eigenvalue weighted by atomic mass is 16.5. The number of carbonyl (C=O) groups excluding carboxylic acids is 2. The van der Waals surface area contributed by atoms with Crippen LogP contribution in [-0.2, 0) is 9.59 Å². The van der Waals surface area contributed by atoms with E-state index in [0.29, 0.717) is 12.3 Å². The fourth-order valence-corrected chi connectivity index (χ4v) is 2.02. The largest absolute Gasteiger partial charge is 0.480 e. The minimum absolute atomic E-state index is 0.254. The van der Waals surface area contributed by atoms with E-state index in [2.05, 4.69) is 5.32 Å². The van der Waals surface area contributed by atoms with Crippen molar-refractivity contribution >= 4 is 17.8 Å². The lowest BCUT2D eigenvalue weighted by molar-refractivity contribution is -0.139. The molecule has 0 aliphatic heterocycles. The number of ether oxygens (including phenoxy) is 1. The second-order valence-corrected chi connectivity index (χ2v) is 5.16. The molecule has 0 heterocycles. The maximum Gasteiger partial charge on any atom is 0.326 e. The van der Waals surface area contributed by atoms with E-state index in [4.69, 9.17) is 9.84 Å². The van der Waals surface area contributed by atoms with Gasteiger partial charge >= 0.3 is 11.9 Å². The molecule has 1 fully saturated rings. The van der Waals surface area contributed by atoms with Crippen molar-refractivity contribution in [2.75, 3.05) is 0 Å². The van der Waals surface area contributed by atoms with Gasteiger partial charge in [0.25, 0.3) is 5.91 Å². The fourth-order valence-electron chi connectivity index (χ4n) is 2.02. The zero-order valence-electron chi connectivity index (χ0n) is 11.7. The molecule has 112 valence electrons. The van der Waals surface area contributed by atoms with E-state index < -0.39 is 23.9 Å². The van der Waals surface area contributed by atoms with Crippen LogP contribution < -0.4 is 10.1 Å². The molecule has 1 aromatic rings. The van der Waals surface area contributed by atoms with E-state index in [-0.39, 0.29) is 11.3 Å². The summed E-state index contributed by atoms with van der Waals surface area (Å²) in [7, 11) is 0. The summed E-state index contributed by atoms with van der Waals surface area (Å²) in [6, 6.07) is 5.19. The Morgan fingerprint density at radius 1 is 1.38 bits per heavy atom. The number of benzene rings is 1. The van der Waals surface area contributed by atoms with Crippen LogP contribution in [0, 0.1) is 5.92 Å². The van der Waals surface area contributed by atoms with Gasteiger partial charge in [-0.2, -0.15) is 0 Å². The van der Waals surface area contributed by atoms with Crippen LogP contribution in [0.1, 0.15) is 36.5 Å². The molecule has 1 aromatic carbocycles. The van der Waals surface area contributed by atoms with E-state index in [0.717, 1.165) is 12.8 Å². The average Bonchev–Trinajstić information content (AvgIpc) is 3.21. The predicted octanol–water partition coefficient (Wildman–Crippen LogP) is 1.59. The first-order chi connectivity index (χ1) is 9.95. The Morgan fingerprint density at radius 3 is 2.67 bits per heavy atom. The summed E-state index contributed by atoms with van der Waals surface area (Å²) in [5.41, 5.74) is 0.260. The molecule has 0 radical (unpaired) electrons. The summed E-state index contributed by atoms with van der Waals surface area (Å²) in [6.45, 7) is 1.27. The third kappa shape index (κ3) is 4.59. The lowest BCUT2D eigenvalue weighted by Crippen LogP contribution is -2.41. The van der Waals surface area contributed by atoms with Gasteiger partial charge in [0.2, 0.25) is 0 Å². The van der Waals surface area contributed by atoms with Crippen molar-refractivity contribution in [1.29, 1.82) is 0 Å². The number of aliphatic carboxylic acids is 1. The third-order valence-electron chi connectivity index (χ3n) is 3.23. The normalized spacial score (nSPS) is 15.1. The SMILES string of the molecule is CC(=O)Oc1cccc(C(=O)N[C@@H](CC2CC2)C(=O)O)c1. The molecule has 0 aromatic heterocycles. The Balaban J connectivity index is 2.03. The summed E-state index contributed by atoms with van der Waals surface area (Å²) in [5, 5.41) is 11.6. The molecule has 1 atom stereocenters. The molecule has 1 aliphatic rings. The second-order valence-electron chi connectivity index (χ2n) is 5.16. The number of hydrogen-bond acceptors (Lipinski definition) is 4. The van der Waals surface area contributed by atoms with Gasteiger partial charge in [0.1, 0.15) is 11.8 Å². The predicted molar refractivity (Wildman–Crippen MR) is 74.0 cm³/mol. The first-order valence-electron chi connectivity index (χ1n) is 6.78. The molecule has 2 rings (SSSR count).